The summed E-state index contributed by atoms with van der Waals surface area (Å²) >= 11 is 8.78. The molecule has 0 amide bonds. The van der Waals surface area contributed by atoms with Gasteiger partial charge in [-0.3, -0.25) is 4.79 Å². The van der Waals surface area contributed by atoms with Gasteiger partial charge in [0.1, 0.15) is 5.75 Å². The average molecular weight is 330 g/mol. The minimum Gasteiger partial charge on any atom is -0.469 e. The lowest BCUT2D eigenvalue weighted by Gasteiger charge is -2.12. The molecule has 0 aliphatic heterocycles. The van der Waals surface area contributed by atoms with E-state index in [2.05, 4.69) is 25.4 Å². The van der Waals surface area contributed by atoms with Crippen molar-refractivity contribution in [1.29, 1.82) is 0 Å². The van der Waals surface area contributed by atoms with E-state index in [0.29, 0.717) is 0 Å². The second-order valence-corrected chi connectivity index (χ2v) is 4.18. The van der Waals surface area contributed by atoms with Crippen LogP contribution in [0.5, 0.6) is 5.75 Å². The molecular formula is C10H8BrClF2O3. The van der Waals surface area contributed by atoms with Crippen molar-refractivity contribution in [2.75, 3.05) is 7.11 Å². The predicted octanol–water partition coefficient (Wildman–Crippen LogP) is 3.42. The van der Waals surface area contributed by atoms with Gasteiger partial charge in [0.25, 0.3) is 0 Å². The molecule has 0 saturated carbocycles. The fourth-order valence-electron chi connectivity index (χ4n) is 1.16. The van der Waals surface area contributed by atoms with Crippen molar-refractivity contribution in [2.24, 2.45) is 0 Å². The lowest BCUT2D eigenvalue weighted by atomic mass is 10.1. The summed E-state index contributed by atoms with van der Waals surface area (Å²) in [5, 5.41) is 0.217. The minimum absolute atomic E-state index is 0.155. The van der Waals surface area contributed by atoms with Crippen LogP contribution < -0.4 is 4.74 Å². The fourth-order valence-corrected chi connectivity index (χ4v) is 1.78. The van der Waals surface area contributed by atoms with Gasteiger partial charge >= 0.3 is 12.6 Å². The summed E-state index contributed by atoms with van der Waals surface area (Å²) < 4.78 is 33.4. The van der Waals surface area contributed by atoms with Gasteiger partial charge in [0.05, 0.1) is 23.0 Å². The van der Waals surface area contributed by atoms with Gasteiger partial charge < -0.3 is 9.47 Å². The van der Waals surface area contributed by atoms with Crippen LogP contribution in [-0.4, -0.2) is 19.7 Å². The SMILES string of the molecule is COC(=O)Cc1ccc(Cl)c(Br)c1OC(F)F. The number of carbonyl (C=O) groups excluding carboxylic acids is 1. The highest BCUT2D eigenvalue weighted by Crippen LogP contribution is 2.36. The molecule has 0 aromatic heterocycles. The molecule has 0 radical (unpaired) electrons. The molecule has 1 aromatic rings. The quantitative estimate of drug-likeness (QED) is 0.794. The number of esters is 1. The van der Waals surface area contributed by atoms with Gasteiger partial charge in [-0.2, -0.15) is 8.78 Å². The average Bonchev–Trinajstić information content (AvgIpc) is 2.28. The summed E-state index contributed by atoms with van der Waals surface area (Å²) in [6.45, 7) is -3.00. The molecule has 0 N–H and O–H groups in total. The van der Waals surface area contributed by atoms with E-state index in [1.54, 1.807) is 0 Å². The van der Waals surface area contributed by atoms with Crippen molar-refractivity contribution in [1.82, 2.24) is 0 Å². The molecule has 0 heterocycles. The molecule has 0 saturated heterocycles. The third-order valence-electron chi connectivity index (χ3n) is 1.90. The molecule has 0 bridgehead atoms. The topological polar surface area (TPSA) is 35.5 Å². The van der Waals surface area contributed by atoms with Crippen LogP contribution in [0.1, 0.15) is 5.56 Å². The Morgan fingerprint density at radius 2 is 2.18 bits per heavy atom. The molecule has 1 aromatic carbocycles. The molecule has 17 heavy (non-hydrogen) atoms. The van der Waals surface area contributed by atoms with Gasteiger partial charge in [-0.15, -0.1) is 0 Å². The van der Waals surface area contributed by atoms with Gasteiger partial charge in [-0.25, -0.2) is 0 Å². The second kappa shape index (κ2) is 6.16. The Kier molecular flexibility index (Phi) is 5.14. The maximum Gasteiger partial charge on any atom is 0.387 e. The molecule has 0 fully saturated rings. The molecular weight excluding hydrogens is 321 g/mol. The van der Waals surface area contributed by atoms with Crippen molar-refractivity contribution in [3.05, 3.63) is 27.2 Å². The molecule has 3 nitrogen and oxygen atoms in total. The summed E-state index contributed by atoms with van der Waals surface area (Å²) in [5.74, 6) is -0.712. The Balaban J connectivity index is 3.10. The summed E-state index contributed by atoms with van der Waals surface area (Å²) in [6.07, 6.45) is -0.172. The number of methoxy groups -OCH3 is 1. The van der Waals surface area contributed by atoms with E-state index in [1.165, 1.54) is 19.2 Å². The van der Waals surface area contributed by atoms with Crippen LogP contribution in [-0.2, 0) is 16.0 Å². The lowest BCUT2D eigenvalue weighted by molar-refractivity contribution is -0.139. The van der Waals surface area contributed by atoms with Crippen LogP contribution in [0.25, 0.3) is 0 Å². The highest BCUT2D eigenvalue weighted by Gasteiger charge is 2.18. The second-order valence-electron chi connectivity index (χ2n) is 2.98. The highest BCUT2D eigenvalue weighted by molar-refractivity contribution is 9.10. The van der Waals surface area contributed by atoms with Crippen molar-refractivity contribution in [3.63, 3.8) is 0 Å². The number of rotatable bonds is 4. The number of benzene rings is 1. The first kappa shape index (κ1) is 14.2. The molecule has 1 rings (SSSR count). The Morgan fingerprint density at radius 1 is 1.53 bits per heavy atom. The molecule has 0 spiro atoms. The fraction of sp³-hybridized carbons (Fsp3) is 0.300. The summed E-state index contributed by atoms with van der Waals surface area (Å²) in [5.41, 5.74) is 0.272. The zero-order valence-corrected chi connectivity index (χ0v) is 11.0. The molecule has 94 valence electrons. The first-order valence-electron chi connectivity index (χ1n) is 4.44. The van der Waals surface area contributed by atoms with Gasteiger partial charge in [0.15, 0.2) is 0 Å². The van der Waals surface area contributed by atoms with Crippen LogP contribution >= 0.6 is 27.5 Å². The van der Waals surface area contributed by atoms with Crippen molar-refractivity contribution in [3.8, 4) is 5.75 Å². The monoisotopic (exact) mass is 328 g/mol. The minimum atomic E-state index is -3.00. The summed E-state index contributed by atoms with van der Waals surface area (Å²) in [6, 6.07) is 2.91. The van der Waals surface area contributed by atoms with E-state index in [4.69, 9.17) is 11.6 Å². The zero-order chi connectivity index (χ0) is 13.0. The van der Waals surface area contributed by atoms with Gasteiger partial charge in [0.2, 0.25) is 0 Å². The van der Waals surface area contributed by atoms with Gasteiger partial charge in [-0.05, 0) is 22.0 Å². The smallest absolute Gasteiger partial charge is 0.387 e. The number of hydrogen-bond acceptors (Lipinski definition) is 3. The zero-order valence-electron chi connectivity index (χ0n) is 8.68. The van der Waals surface area contributed by atoms with Crippen LogP contribution in [0.4, 0.5) is 8.78 Å². The van der Waals surface area contributed by atoms with Crippen molar-refractivity contribution in [2.45, 2.75) is 13.0 Å². The Morgan fingerprint density at radius 3 is 2.71 bits per heavy atom. The highest BCUT2D eigenvalue weighted by atomic mass is 79.9. The first-order valence-corrected chi connectivity index (χ1v) is 5.61. The van der Waals surface area contributed by atoms with Gasteiger partial charge in [-0.1, -0.05) is 17.7 Å². The van der Waals surface area contributed by atoms with Crippen molar-refractivity contribution >= 4 is 33.5 Å². The van der Waals surface area contributed by atoms with Crippen LogP contribution in [0.2, 0.25) is 5.02 Å². The van der Waals surface area contributed by atoms with E-state index in [-0.39, 0.29) is 27.2 Å². The number of alkyl halides is 2. The van der Waals surface area contributed by atoms with E-state index in [0.717, 1.165) is 0 Å². The Hall–Kier alpha value is -0.880. The number of hydrogen-bond donors (Lipinski definition) is 0. The maximum atomic E-state index is 12.2. The normalized spacial score (nSPS) is 10.5. The molecule has 0 aliphatic carbocycles. The number of halogens is 4. The standard InChI is InChI=1S/C10H8BrClF2O3/c1-16-7(15)4-5-2-3-6(12)8(11)9(5)17-10(13)14/h2-3,10H,4H2,1H3. The third kappa shape index (κ3) is 3.81. The molecule has 0 unspecified atom stereocenters. The Bertz CT molecular complexity index is 426. The van der Waals surface area contributed by atoms with Crippen LogP contribution in [0, 0.1) is 0 Å². The first-order chi connectivity index (χ1) is 7.95. The Labute approximate surface area is 110 Å². The largest absolute Gasteiger partial charge is 0.469 e. The van der Waals surface area contributed by atoms with E-state index in [9.17, 15) is 13.6 Å². The third-order valence-corrected chi connectivity index (χ3v) is 3.23. The summed E-state index contributed by atoms with van der Waals surface area (Å²) in [4.78, 5) is 11.1. The van der Waals surface area contributed by atoms with E-state index in [1.807, 2.05) is 0 Å². The lowest BCUT2D eigenvalue weighted by Crippen LogP contribution is -2.09. The summed E-state index contributed by atoms with van der Waals surface area (Å²) in [7, 11) is 1.21. The van der Waals surface area contributed by atoms with Crippen molar-refractivity contribution < 1.29 is 23.0 Å². The number of carbonyl (C=O) groups is 1. The van der Waals surface area contributed by atoms with E-state index >= 15 is 0 Å². The van der Waals surface area contributed by atoms with E-state index < -0.39 is 12.6 Å². The molecule has 0 atom stereocenters. The van der Waals surface area contributed by atoms with Gasteiger partial charge in [0, 0.05) is 5.56 Å². The number of ether oxygens (including phenoxy) is 2. The van der Waals surface area contributed by atoms with Crippen LogP contribution in [0.3, 0.4) is 0 Å². The molecule has 7 heteroatoms. The molecule has 0 aliphatic rings. The van der Waals surface area contributed by atoms with Crippen LogP contribution in [0.15, 0.2) is 16.6 Å². The maximum absolute atomic E-state index is 12.2. The predicted molar refractivity (Wildman–Crippen MR) is 61.5 cm³/mol.